The number of ether oxygens (including phenoxy) is 1. The fourth-order valence-electron chi connectivity index (χ4n) is 3.92. The van der Waals surface area contributed by atoms with Crippen LogP contribution in [-0.2, 0) is 9.53 Å². The zero-order valence-corrected chi connectivity index (χ0v) is 11.6. The molecular weight excluding hydrogens is 238 g/mol. The number of carbonyl (C=O) groups is 1. The van der Waals surface area contributed by atoms with Crippen molar-refractivity contribution < 1.29 is 9.53 Å². The summed E-state index contributed by atoms with van der Waals surface area (Å²) in [5, 5.41) is 0. The number of rotatable bonds is 3. The van der Waals surface area contributed by atoms with Gasteiger partial charge in [-0.2, -0.15) is 0 Å². The van der Waals surface area contributed by atoms with Crippen LogP contribution in [0.1, 0.15) is 37.8 Å². The van der Waals surface area contributed by atoms with Gasteiger partial charge in [-0.1, -0.05) is 30.3 Å². The maximum absolute atomic E-state index is 12.1. The van der Waals surface area contributed by atoms with Crippen LogP contribution in [0, 0.1) is 5.92 Å². The molecule has 0 amide bonds. The van der Waals surface area contributed by atoms with E-state index >= 15 is 0 Å². The summed E-state index contributed by atoms with van der Waals surface area (Å²) < 4.78 is 5.02. The Bertz CT molecular complexity index is 459. The van der Waals surface area contributed by atoms with Gasteiger partial charge in [0, 0.05) is 12.1 Å². The van der Waals surface area contributed by atoms with Crippen LogP contribution in [0.5, 0.6) is 0 Å². The predicted molar refractivity (Wildman–Crippen MR) is 73.6 cm³/mol. The van der Waals surface area contributed by atoms with Gasteiger partial charge < -0.3 is 4.74 Å². The van der Waals surface area contributed by atoms with Gasteiger partial charge in [0.2, 0.25) is 0 Å². The van der Waals surface area contributed by atoms with E-state index in [-0.39, 0.29) is 18.1 Å². The lowest BCUT2D eigenvalue weighted by Gasteiger charge is -2.38. The molecule has 2 fully saturated rings. The van der Waals surface area contributed by atoms with Crippen molar-refractivity contribution in [1.82, 2.24) is 4.90 Å². The molecule has 0 N–H and O–H groups in total. The van der Waals surface area contributed by atoms with Crippen LogP contribution in [0.4, 0.5) is 0 Å². The highest BCUT2D eigenvalue weighted by molar-refractivity contribution is 5.77. The van der Waals surface area contributed by atoms with E-state index in [2.05, 4.69) is 36.1 Å². The van der Waals surface area contributed by atoms with Crippen LogP contribution >= 0.6 is 0 Å². The van der Waals surface area contributed by atoms with Crippen LogP contribution in [0.2, 0.25) is 0 Å². The molecule has 4 unspecified atom stereocenters. The first kappa shape index (κ1) is 12.7. The minimum absolute atomic E-state index is 0.0426. The number of fused-ring (bicyclic) bond motifs is 2. The van der Waals surface area contributed by atoms with Crippen molar-refractivity contribution in [2.24, 2.45) is 5.92 Å². The zero-order valence-electron chi connectivity index (χ0n) is 11.6. The first-order chi connectivity index (χ1) is 9.22. The van der Waals surface area contributed by atoms with Gasteiger partial charge in [0.1, 0.15) is 6.04 Å². The molecule has 1 heterocycles. The second-order valence-corrected chi connectivity index (χ2v) is 5.73. The molecule has 2 aliphatic rings. The summed E-state index contributed by atoms with van der Waals surface area (Å²) in [4.78, 5) is 14.5. The minimum atomic E-state index is -0.0602. The van der Waals surface area contributed by atoms with Gasteiger partial charge in [0.15, 0.2) is 0 Å². The molecule has 1 saturated carbocycles. The van der Waals surface area contributed by atoms with E-state index in [1.165, 1.54) is 25.5 Å². The van der Waals surface area contributed by atoms with Crippen LogP contribution < -0.4 is 0 Å². The topological polar surface area (TPSA) is 29.5 Å². The van der Waals surface area contributed by atoms with Crippen molar-refractivity contribution in [1.29, 1.82) is 0 Å². The molecule has 1 saturated heterocycles. The van der Waals surface area contributed by atoms with Crippen LogP contribution in [0.15, 0.2) is 30.3 Å². The van der Waals surface area contributed by atoms with Crippen LogP contribution in [0.3, 0.4) is 0 Å². The Morgan fingerprint density at radius 2 is 2.05 bits per heavy atom. The lowest BCUT2D eigenvalue weighted by molar-refractivity contribution is -0.149. The van der Waals surface area contributed by atoms with Gasteiger partial charge in [-0.15, -0.1) is 0 Å². The minimum Gasteiger partial charge on any atom is -0.468 e. The van der Waals surface area contributed by atoms with E-state index in [1.807, 2.05) is 6.07 Å². The summed E-state index contributed by atoms with van der Waals surface area (Å²) in [5.74, 6) is 0.429. The van der Waals surface area contributed by atoms with E-state index < -0.39 is 0 Å². The fraction of sp³-hybridized carbons (Fsp3) is 0.562. The largest absolute Gasteiger partial charge is 0.468 e. The van der Waals surface area contributed by atoms with E-state index in [0.29, 0.717) is 12.0 Å². The Balaban J connectivity index is 1.87. The summed E-state index contributed by atoms with van der Waals surface area (Å²) in [6.45, 7) is 2.20. The smallest absolute Gasteiger partial charge is 0.323 e. The predicted octanol–water partition coefficient (Wildman–Crippen LogP) is 2.77. The summed E-state index contributed by atoms with van der Waals surface area (Å²) >= 11 is 0. The molecule has 1 aliphatic carbocycles. The molecule has 19 heavy (non-hydrogen) atoms. The van der Waals surface area contributed by atoms with Crippen molar-refractivity contribution in [2.75, 3.05) is 7.11 Å². The van der Waals surface area contributed by atoms with Gasteiger partial charge in [-0.05, 0) is 37.7 Å². The first-order valence-corrected chi connectivity index (χ1v) is 7.12. The maximum atomic E-state index is 12.1. The highest BCUT2D eigenvalue weighted by atomic mass is 16.5. The number of hydrogen-bond acceptors (Lipinski definition) is 3. The first-order valence-electron chi connectivity index (χ1n) is 7.12. The maximum Gasteiger partial charge on any atom is 0.323 e. The zero-order chi connectivity index (χ0) is 13.4. The second kappa shape index (κ2) is 4.97. The van der Waals surface area contributed by atoms with E-state index in [1.54, 1.807) is 0 Å². The average molecular weight is 259 g/mol. The Kier molecular flexibility index (Phi) is 3.31. The lowest BCUT2D eigenvalue weighted by Crippen LogP contribution is -2.47. The standard InChI is InChI=1S/C16H21NO2/c1-11(12-6-4-3-5-7-12)17-14-9-8-13(10-14)15(17)16(18)19-2/h3-7,11,13-15H,8-10H2,1-2H3. The Morgan fingerprint density at radius 1 is 1.32 bits per heavy atom. The number of esters is 1. The molecule has 4 atom stereocenters. The third-order valence-electron chi connectivity index (χ3n) is 4.81. The van der Waals surface area contributed by atoms with E-state index in [0.717, 1.165) is 6.42 Å². The number of likely N-dealkylation sites (tertiary alicyclic amines) is 1. The number of benzene rings is 1. The van der Waals surface area contributed by atoms with E-state index in [9.17, 15) is 4.79 Å². The van der Waals surface area contributed by atoms with Crippen LogP contribution in [0.25, 0.3) is 0 Å². The Hall–Kier alpha value is -1.35. The summed E-state index contributed by atoms with van der Waals surface area (Å²) in [7, 11) is 1.50. The highest BCUT2D eigenvalue weighted by Gasteiger charge is 2.51. The van der Waals surface area contributed by atoms with Gasteiger partial charge >= 0.3 is 5.97 Å². The molecule has 2 bridgehead atoms. The summed E-state index contributed by atoms with van der Waals surface area (Å²) in [6, 6.07) is 11.2. The Labute approximate surface area is 114 Å². The van der Waals surface area contributed by atoms with Crippen molar-refractivity contribution in [3.63, 3.8) is 0 Å². The van der Waals surface area contributed by atoms with E-state index in [4.69, 9.17) is 4.74 Å². The Morgan fingerprint density at radius 3 is 2.74 bits per heavy atom. The monoisotopic (exact) mass is 259 g/mol. The molecule has 1 aromatic rings. The van der Waals surface area contributed by atoms with Crippen molar-refractivity contribution >= 4 is 5.97 Å². The average Bonchev–Trinajstić information content (AvgIpc) is 3.07. The molecule has 3 rings (SSSR count). The van der Waals surface area contributed by atoms with Gasteiger partial charge in [-0.25, -0.2) is 0 Å². The number of carbonyl (C=O) groups excluding carboxylic acids is 1. The van der Waals surface area contributed by atoms with Gasteiger partial charge in [-0.3, -0.25) is 9.69 Å². The lowest BCUT2D eigenvalue weighted by atomic mass is 9.96. The van der Waals surface area contributed by atoms with Crippen molar-refractivity contribution in [3.05, 3.63) is 35.9 Å². The molecule has 1 aromatic carbocycles. The number of methoxy groups -OCH3 is 1. The summed E-state index contributed by atoms with van der Waals surface area (Å²) in [6.07, 6.45) is 3.54. The van der Waals surface area contributed by atoms with Crippen molar-refractivity contribution in [3.8, 4) is 0 Å². The van der Waals surface area contributed by atoms with Crippen LogP contribution in [-0.4, -0.2) is 30.1 Å². The highest BCUT2D eigenvalue weighted by Crippen LogP contribution is 2.46. The molecule has 3 heteroatoms. The second-order valence-electron chi connectivity index (χ2n) is 5.73. The number of piperidine rings is 1. The quantitative estimate of drug-likeness (QED) is 0.782. The number of hydrogen-bond donors (Lipinski definition) is 0. The molecule has 0 aromatic heterocycles. The molecule has 0 spiro atoms. The normalized spacial score (nSPS) is 31.4. The summed E-state index contributed by atoms with van der Waals surface area (Å²) in [5.41, 5.74) is 1.28. The molecule has 0 radical (unpaired) electrons. The molecule has 1 aliphatic heterocycles. The molecule has 3 nitrogen and oxygen atoms in total. The van der Waals surface area contributed by atoms with Gasteiger partial charge in [0.25, 0.3) is 0 Å². The fourth-order valence-corrected chi connectivity index (χ4v) is 3.92. The SMILES string of the molecule is COC(=O)C1C2CCC(C2)N1C(C)c1ccccc1. The molecule has 102 valence electrons. The number of nitrogens with zero attached hydrogens (tertiary/aromatic N) is 1. The van der Waals surface area contributed by atoms with Crippen molar-refractivity contribution in [2.45, 2.75) is 44.3 Å². The third-order valence-corrected chi connectivity index (χ3v) is 4.81. The van der Waals surface area contributed by atoms with Gasteiger partial charge in [0.05, 0.1) is 7.11 Å². The molecular formula is C16H21NO2. The third kappa shape index (κ3) is 2.06.